The van der Waals surface area contributed by atoms with Gasteiger partial charge < -0.3 is 20.0 Å². The number of benzene rings is 4. The van der Waals surface area contributed by atoms with Gasteiger partial charge in [0.05, 0.1) is 43.7 Å². The van der Waals surface area contributed by atoms with Crippen LogP contribution in [0.25, 0.3) is 0 Å². The Morgan fingerprint density at radius 1 is 0.580 bits per heavy atom. The fourth-order valence-corrected chi connectivity index (χ4v) is 7.38. The molecule has 6 rings (SSSR count). The van der Waals surface area contributed by atoms with Crippen molar-refractivity contribution in [3.05, 3.63) is 127 Å². The van der Waals surface area contributed by atoms with Crippen molar-refractivity contribution in [3.63, 3.8) is 0 Å². The van der Waals surface area contributed by atoms with Crippen LogP contribution in [0.5, 0.6) is 0 Å². The molecule has 0 aliphatic carbocycles. The summed E-state index contributed by atoms with van der Waals surface area (Å²) in [5.74, 6) is -4.24. The second-order valence-electron chi connectivity index (χ2n) is 12.0. The summed E-state index contributed by atoms with van der Waals surface area (Å²) < 4.78 is 54.1. The molecule has 4 aromatic rings. The summed E-state index contributed by atoms with van der Waals surface area (Å²) in [4.78, 5) is 27.5. The second kappa shape index (κ2) is 16.3. The monoisotopic (exact) mass is 770 g/mol. The highest BCUT2D eigenvalue weighted by atomic mass is 35.5. The van der Waals surface area contributed by atoms with Crippen molar-refractivity contribution in [2.75, 3.05) is 22.9 Å². The number of carbonyl (C=O) groups is 2. The first kappa shape index (κ1) is 37.9. The summed E-state index contributed by atoms with van der Waals surface area (Å²) in [6.45, 7) is 0.278. The number of rotatable bonds is 6. The van der Waals surface area contributed by atoms with Gasteiger partial charge in [0.1, 0.15) is 23.3 Å². The molecule has 4 aromatic carbocycles. The van der Waals surface area contributed by atoms with Crippen molar-refractivity contribution in [3.8, 4) is 0 Å². The van der Waals surface area contributed by atoms with E-state index in [1.54, 1.807) is 36.4 Å². The average molecular weight is 772 g/mol. The summed E-state index contributed by atoms with van der Waals surface area (Å²) in [5, 5.41) is 22.4. The molecule has 0 saturated carbocycles. The molecule has 0 radical (unpaired) electrons. The molecule has 6 nitrogen and oxygen atoms in total. The van der Waals surface area contributed by atoms with Crippen LogP contribution in [-0.2, 0) is 9.59 Å². The molecule has 0 bridgehead atoms. The van der Waals surface area contributed by atoms with Gasteiger partial charge in [0, 0.05) is 61.0 Å². The van der Waals surface area contributed by atoms with Crippen LogP contribution < -0.4 is 9.80 Å². The fraction of sp³-hybridized carbons (Fsp3) is 0.278. The van der Waals surface area contributed by atoms with Crippen LogP contribution in [-0.4, -0.2) is 35.1 Å². The van der Waals surface area contributed by atoms with E-state index >= 15 is 0 Å². The van der Waals surface area contributed by atoms with Crippen LogP contribution in [0.1, 0.15) is 49.0 Å². The number of para-hydroxylation sites is 2. The molecule has 2 amide bonds. The minimum atomic E-state index is -1.17. The highest BCUT2D eigenvalue weighted by molar-refractivity contribution is 6.40. The van der Waals surface area contributed by atoms with Gasteiger partial charge in [-0.05, 0) is 49.2 Å². The van der Waals surface area contributed by atoms with E-state index in [2.05, 4.69) is 0 Å². The van der Waals surface area contributed by atoms with E-state index < -0.39 is 47.3 Å². The van der Waals surface area contributed by atoms with Gasteiger partial charge in [-0.2, -0.15) is 0 Å². The molecule has 2 fully saturated rings. The van der Waals surface area contributed by atoms with Crippen LogP contribution in [0.4, 0.5) is 28.9 Å². The number of nitrogens with zero attached hydrogens (tertiary/aromatic N) is 2. The number of aliphatic hydroxyl groups is 2. The number of aliphatic hydroxyl groups excluding tert-OH is 2. The lowest BCUT2D eigenvalue weighted by molar-refractivity contribution is -0.121. The molecule has 14 heteroatoms. The summed E-state index contributed by atoms with van der Waals surface area (Å²) in [6, 6.07) is 15.9. The first-order valence-electron chi connectivity index (χ1n) is 15.5. The van der Waals surface area contributed by atoms with Gasteiger partial charge in [-0.25, -0.2) is 17.6 Å². The predicted octanol–water partition coefficient (Wildman–Crippen LogP) is 9.50. The van der Waals surface area contributed by atoms with E-state index in [0.717, 1.165) is 24.3 Å². The number of hydrogen-bond donors (Lipinski definition) is 2. The number of piperidine rings is 2. The molecular weight excluding hydrogens is 742 g/mol. The third kappa shape index (κ3) is 8.39. The predicted molar refractivity (Wildman–Crippen MR) is 186 cm³/mol. The van der Waals surface area contributed by atoms with E-state index in [4.69, 9.17) is 46.4 Å². The fourth-order valence-electron chi connectivity index (χ4n) is 6.17. The quantitative estimate of drug-likeness (QED) is 0.192. The van der Waals surface area contributed by atoms with Gasteiger partial charge >= 0.3 is 0 Å². The normalized spacial score (nSPS) is 19.2. The van der Waals surface area contributed by atoms with Gasteiger partial charge in [-0.1, -0.05) is 70.7 Å². The van der Waals surface area contributed by atoms with Crippen molar-refractivity contribution in [2.45, 2.75) is 37.9 Å². The molecule has 0 spiro atoms. The third-order valence-corrected chi connectivity index (χ3v) is 9.98. The number of carbonyl (C=O) groups excluding carboxylic acids is 2. The van der Waals surface area contributed by atoms with Crippen molar-refractivity contribution in [2.24, 2.45) is 11.8 Å². The zero-order valence-electron chi connectivity index (χ0n) is 26.1. The summed E-state index contributed by atoms with van der Waals surface area (Å²) >= 11 is 24.7. The first-order valence-corrected chi connectivity index (χ1v) is 17.0. The van der Waals surface area contributed by atoms with Gasteiger partial charge in [-0.3, -0.25) is 9.59 Å². The van der Waals surface area contributed by atoms with Crippen molar-refractivity contribution >= 4 is 69.6 Å². The Morgan fingerprint density at radius 3 is 1.24 bits per heavy atom. The number of hydrogen-bond acceptors (Lipinski definition) is 4. The number of halogens is 8. The Labute approximate surface area is 305 Å². The standard InChI is InChI=1S/2C18H15Cl2F2NO2/c2*19-13-2-1-3-14(20)17(13)23-9-10(4-7-16(23)24)18(25)12-6-5-11(21)8-15(12)22/h2*1-3,5-6,8,10,18,25H,4,7,9H2. The van der Waals surface area contributed by atoms with E-state index in [-0.39, 0.29) is 48.9 Å². The van der Waals surface area contributed by atoms with Crippen LogP contribution in [0.3, 0.4) is 0 Å². The molecule has 2 saturated heterocycles. The molecule has 0 aromatic heterocycles. The third-order valence-electron chi connectivity index (χ3n) is 8.76. The van der Waals surface area contributed by atoms with Gasteiger partial charge in [0.2, 0.25) is 11.8 Å². The maximum Gasteiger partial charge on any atom is 0.227 e. The Balaban J connectivity index is 0.000000194. The topological polar surface area (TPSA) is 81.1 Å². The van der Waals surface area contributed by atoms with Crippen molar-refractivity contribution in [1.29, 1.82) is 0 Å². The second-order valence-corrected chi connectivity index (χ2v) is 13.6. The maximum absolute atomic E-state index is 14.0. The Morgan fingerprint density at radius 2 is 0.920 bits per heavy atom. The molecule has 4 atom stereocenters. The number of anilines is 2. The minimum Gasteiger partial charge on any atom is -0.388 e. The Bertz CT molecular complexity index is 1730. The van der Waals surface area contributed by atoms with Crippen molar-refractivity contribution in [1.82, 2.24) is 0 Å². The molecule has 2 aliphatic heterocycles. The summed E-state index contributed by atoms with van der Waals surface area (Å²) in [7, 11) is 0. The molecule has 2 aliphatic rings. The van der Waals surface area contributed by atoms with Crippen LogP contribution in [0, 0.1) is 35.1 Å². The average Bonchev–Trinajstić information content (AvgIpc) is 3.06. The van der Waals surface area contributed by atoms with Gasteiger partial charge in [-0.15, -0.1) is 0 Å². The zero-order valence-corrected chi connectivity index (χ0v) is 29.1. The van der Waals surface area contributed by atoms with Gasteiger partial charge in [0.15, 0.2) is 0 Å². The summed E-state index contributed by atoms with van der Waals surface area (Å²) in [5.41, 5.74) is 0.775. The molecule has 2 N–H and O–H groups in total. The van der Waals surface area contributed by atoms with Crippen molar-refractivity contribution < 1.29 is 37.4 Å². The van der Waals surface area contributed by atoms with Crippen LogP contribution in [0.2, 0.25) is 20.1 Å². The lowest BCUT2D eigenvalue weighted by atomic mass is 9.87. The van der Waals surface area contributed by atoms with E-state index in [1.807, 2.05) is 0 Å². The molecular formula is C36H30Cl4F4N2O4. The molecule has 264 valence electrons. The van der Waals surface area contributed by atoms with E-state index in [9.17, 15) is 37.4 Å². The largest absolute Gasteiger partial charge is 0.388 e. The lowest BCUT2D eigenvalue weighted by Crippen LogP contribution is -2.42. The van der Waals surface area contributed by atoms with E-state index in [1.165, 1.54) is 21.9 Å². The smallest absolute Gasteiger partial charge is 0.227 e. The molecule has 50 heavy (non-hydrogen) atoms. The number of amides is 2. The first-order chi connectivity index (χ1) is 23.8. The van der Waals surface area contributed by atoms with E-state index in [0.29, 0.717) is 44.3 Å². The molecule has 2 heterocycles. The molecule has 4 unspecified atom stereocenters. The highest BCUT2D eigenvalue weighted by Crippen LogP contribution is 2.41. The minimum absolute atomic E-state index is 0.00551. The Hall–Kier alpha value is -3.38. The maximum atomic E-state index is 14.0. The summed E-state index contributed by atoms with van der Waals surface area (Å²) in [6.07, 6.45) is -1.22. The highest BCUT2D eigenvalue weighted by Gasteiger charge is 2.36. The Kier molecular flexibility index (Phi) is 12.4. The van der Waals surface area contributed by atoms with Crippen LogP contribution in [0.15, 0.2) is 72.8 Å². The lowest BCUT2D eigenvalue weighted by Gasteiger charge is -2.36. The zero-order chi connectivity index (χ0) is 36.3. The van der Waals surface area contributed by atoms with Crippen LogP contribution >= 0.6 is 46.4 Å². The SMILES string of the molecule is O=C1CCC(C(O)c2ccc(F)cc2F)CN1c1c(Cl)cccc1Cl.O=C1CCC(C(O)c2ccc(F)cc2F)CN1c1c(Cl)cccc1Cl. The van der Waals surface area contributed by atoms with Gasteiger partial charge in [0.25, 0.3) is 0 Å².